The number of nitrogens with one attached hydrogen (secondary N) is 3. The number of nitrogens with zero attached hydrogens (tertiary/aromatic N) is 4. The van der Waals surface area contributed by atoms with Gasteiger partial charge in [0, 0.05) is 24.8 Å². The van der Waals surface area contributed by atoms with Crippen LogP contribution >= 0.6 is 0 Å². The van der Waals surface area contributed by atoms with Crippen LogP contribution in [0.3, 0.4) is 0 Å². The van der Waals surface area contributed by atoms with Crippen molar-refractivity contribution in [1.82, 2.24) is 30.2 Å². The zero-order chi connectivity index (χ0) is 28.7. The first-order valence-electron chi connectivity index (χ1n) is 13.0. The van der Waals surface area contributed by atoms with Crippen LogP contribution < -0.4 is 10.6 Å². The molecule has 0 spiro atoms. The van der Waals surface area contributed by atoms with Crippen LogP contribution in [0.1, 0.15) is 31.9 Å². The van der Waals surface area contributed by atoms with Gasteiger partial charge in [0.05, 0.1) is 42.1 Å². The molecule has 0 bridgehead atoms. The number of carboxylic acid groups (broad SMARTS) is 1. The van der Waals surface area contributed by atoms with Crippen LogP contribution in [0.25, 0.3) is 22.6 Å². The first-order chi connectivity index (χ1) is 19.1. The van der Waals surface area contributed by atoms with E-state index in [1.54, 1.807) is 25.1 Å². The lowest BCUT2D eigenvalue weighted by Crippen LogP contribution is -2.49. The van der Waals surface area contributed by atoms with Crippen LogP contribution in [0.2, 0.25) is 0 Å². The molecular weight excluding hydrogens is 521 g/mol. The molecule has 0 atom stereocenters. The standard InChI is InChI=1S/C27H34FN7O5/c1-27(25(38)29-11-4-14-35(2)3)15-39-24(40-16-27)23-33-21(17-5-7-18(28)8-6-17)22(34-23)19-9-12-30-26(32-19)31-13-10-20(36)37/h5-9,12,24H,4,10-11,13-16H2,1-3H3,(H,29,38)(H,33,34)(H,36,37)(H,30,31,32). The molecule has 12 nitrogen and oxygen atoms in total. The number of hydrogen-bond acceptors (Lipinski definition) is 9. The van der Waals surface area contributed by atoms with Gasteiger partial charge in [0.25, 0.3) is 0 Å². The van der Waals surface area contributed by atoms with E-state index in [-0.39, 0.29) is 43.9 Å². The van der Waals surface area contributed by atoms with Crippen LogP contribution in [-0.2, 0) is 19.1 Å². The molecule has 1 aromatic carbocycles. The molecular formula is C27H34FN7O5. The zero-order valence-corrected chi connectivity index (χ0v) is 22.7. The number of H-pyrrole nitrogens is 1. The van der Waals surface area contributed by atoms with E-state index in [4.69, 9.17) is 19.6 Å². The predicted octanol–water partition coefficient (Wildman–Crippen LogP) is 2.68. The number of aromatic amines is 1. The minimum atomic E-state index is -0.939. The van der Waals surface area contributed by atoms with Gasteiger partial charge < -0.3 is 35.1 Å². The number of amides is 1. The van der Waals surface area contributed by atoms with E-state index >= 15 is 0 Å². The van der Waals surface area contributed by atoms with Gasteiger partial charge in [0.2, 0.25) is 18.1 Å². The Balaban J connectivity index is 1.52. The average molecular weight is 556 g/mol. The Labute approximate surface area is 231 Å². The lowest BCUT2D eigenvalue weighted by Gasteiger charge is -2.35. The maximum atomic E-state index is 13.6. The number of imidazole rings is 1. The number of anilines is 1. The van der Waals surface area contributed by atoms with Crippen LogP contribution in [0.4, 0.5) is 10.3 Å². The molecule has 4 rings (SSSR count). The summed E-state index contributed by atoms with van der Waals surface area (Å²) in [5.41, 5.74) is 1.26. The Kier molecular flexibility index (Phi) is 9.40. The van der Waals surface area contributed by atoms with Crippen molar-refractivity contribution in [1.29, 1.82) is 0 Å². The number of carboxylic acids is 1. The lowest BCUT2D eigenvalue weighted by molar-refractivity contribution is -0.231. The first-order valence-corrected chi connectivity index (χ1v) is 13.0. The van der Waals surface area contributed by atoms with Crippen molar-refractivity contribution < 1.29 is 28.6 Å². The fourth-order valence-corrected chi connectivity index (χ4v) is 4.08. The second-order valence-electron chi connectivity index (χ2n) is 10.1. The summed E-state index contributed by atoms with van der Waals surface area (Å²) in [6.45, 7) is 3.64. The van der Waals surface area contributed by atoms with Crippen molar-refractivity contribution in [2.75, 3.05) is 52.3 Å². The molecule has 2 aromatic heterocycles. The van der Waals surface area contributed by atoms with E-state index in [9.17, 15) is 14.0 Å². The number of benzene rings is 1. The molecule has 13 heteroatoms. The Morgan fingerprint density at radius 2 is 1.88 bits per heavy atom. The van der Waals surface area contributed by atoms with Crippen molar-refractivity contribution in [2.45, 2.75) is 26.1 Å². The summed E-state index contributed by atoms with van der Waals surface area (Å²) < 4.78 is 25.6. The molecule has 3 heterocycles. The van der Waals surface area contributed by atoms with E-state index < -0.39 is 17.7 Å². The van der Waals surface area contributed by atoms with Gasteiger partial charge >= 0.3 is 5.97 Å². The minimum Gasteiger partial charge on any atom is -0.481 e. The van der Waals surface area contributed by atoms with Crippen molar-refractivity contribution in [3.8, 4) is 22.6 Å². The fourth-order valence-electron chi connectivity index (χ4n) is 4.08. The van der Waals surface area contributed by atoms with Gasteiger partial charge in [0.1, 0.15) is 5.82 Å². The van der Waals surface area contributed by atoms with E-state index in [1.807, 2.05) is 14.1 Å². The highest BCUT2D eigenvalue weighted by molar-refractivity contribution is 5.82. The number of halogens is 1. The molecule has 1 aliphatic rings. The highest BCUT2D eigenvalue weighted by Gasteiger charge is 2.40. The molecule has 1 saturated heterocycles. The summed E-state index contributed by atoms with van der Waals surface area (Å²) in [7, 11) is 3.97. The summed E-state index contributed by atoms with van der Waals surface area (Å²) in [4.78, 5) is 42.3. The molecule has 214 valence electrons. The lowest BCUT2D eigenvalue weighted by atomic mass is 9.91. The summed E-state index contributed by atoms with van der Waals surface area (Å²) in [5.74, 6) is -0.850. The largest absolute Gasteiger partial charge is 0.481 e. The molecule has 0 saturated carbocycles. The van der Waals surface area contributed by atoms with Gasteiger partial charge in [-0.05, 0) is 64.3 Å². The SMILES string of the molecule is CN(C)CCCNC(=O)C1(C)COC(c2nc(-c3ccc(F)cc3)c(-c3ccnc(NCCC(=O)O)n3)[nH]2)OC1. The fraction of sp³-hybridized carbons (Fsp3) is 0.444. The van der Waals surface area contributed by atoms with Crippen molar-refractivity contribution in [2.24, 2.45) is 5.41 Å². The molecule has 1 amide bonds. The predicted molar refractivity (Wildman–Crippen MR) is 145 cm³/mol. The maximum Gasteiger partial charge on any atom is 0.305 e. The number of ether oxygens (including phenoxy) is 2. The van der Waals surface area contributed by atoms with Crippen molar-refractivity contribution in [3.63, 3.8) is 0 Å². The van der Waals surface area contributed by atoms with Gasteiger partial charge in [-0.3, -0.25) is 9.59 Å². The topological polar surface area (TPSA) is 155 Å². The number of hydrogen-bond donors (Lipinski definition) is 4. The molecule has 40 heavy (non-hydrogen) atoms. The van der Waals surface area contributed by atoms with Crippen LogP contribution in [0.15, 0.2) is 36.5 Å². The van der Waals surface area contributed by atoms with E-state index in [1.165, 1.54) is 18.3 Å². The maximum absolute atomic E-state index is 13.6. The van der Waals surface area contributed by atoms with Gasteiger partial charge in [0.15, 0.2) is 5.82 Å². The number of carbonyl (C=O) groups excluding carboxylic acids is 1. The molecule has 0 unspecified atom stereocenters. The van der Waals surface area contributed by atoms with Crippen LogP contribution in [-0.4, -0.2) is 88.8 Å². The first kappa shape index (κ1) is 29.1. The summed E-state index contributed by atoms with van der Waals surface area (Å²) in [5, 5.41) is 14.7. The zero-order valence-electron chi connectivity index (χ0n) is 22.7. The Morgan fingerprint density at radius 1 is 1.15 bits per heavy atom. The monoisotopic (exact) mass is 555 g/mol. The molecule has 4 N–H and O–H groups in total. The number of rotatable bonds is 12. The van der Waals surface area contributed by atoms with E-state index in [0.717, 1.165) is 13.0 Å². The Bertz CT molecular complexity index is 1310. The second-order valence-corrected chi connectivity index (χ2v) is 10.1. The third kappa shape index (κ3) is 7.37. The Hall–Kier alpha value is -3.94. The Morgan fingerprint density at radius 3 is 2.55 bits per heavy atom. The van der Waals surface area contributed by atoms with Crippen LogP contribution in [0, 0.1) is 11.2 Å². The van der Waals surface area contributed by atoms with Crippen molar-refractivity contribution in [3.05, 3.63) is 48.2 Å². The average Bonchev–Trinajstić information content (AvgIpc) is 3.37. The number of aliphatic carboxylic acids is 1. The van der Waals surface area contributed by atoms with Gasteiger partial charge in [-0.2, -0.15) is 0 Å². The second kappa shape index (κ2) is 12.9. The van der Waals surface area contributed by atoms with E-state index in [2.05, 4.69) is 30.5 Å². The number of aromatic nitrogens is 4. The normalized spacial score (nSPS) is 19.0. The smallest absolute Gasteiger partial charge is 0.305 e. The molecule has 1 aliphatic heterocycles. The molecule has 1 fully saturated rings. The van der Waals surface area contributed by atoms with Crippen LogP contribution in [0.5, 0.6) is 0 Å². The number of carbonyl (C=O) groups is 2. The molecule has 0 radical (unpaired) electrons. The van der Waals surface area contributed by atoms with Crippen molar-refractivity contribution >= 4 is 17.8 Å². The third-order valence-electron chi connectivity index (χ3n) is 6.32. The van der Waals surface area contributed by atoms with E-state index in [0.29, 0.717) is 35.0 Å². The highest BCUT2D eigenvalue weighted by atomic mass is 19.1. The molecule has 3 aromatic rings. The highest BCUT2D eigenvalue weighted by Crippen LogP contribution is 2.35. The molecule has 0 aliphatic carbocycles. The summed E-state index contributed by atoms with van der Waals surface area (Å²) >= 11 is 0. The minimum absolute atomic E-state index is 0.0913. The summed E-state index contributed by atoms with van der Waals surface area (Å²) in [6.07, 6.45) is 1.42. The van der Waals surface area contributed by atoms with Gasteiger partial charge in [-0.1, -0.05) is 0 Å². The van der Waals surface area contributed by atoms with Gasteiger partial charge in [-0.15, -0.1) is 0 Å². The quantitative estimate of drug-likeness (QED) is 0.245. The summed E-state index contributed by atoms with van der Waals surface area (Å²) in [6, 6.07) is 7.55. The third-order valence-corrected chi connectivity index (χ3v) is 6.32. The van der Waals surface area contributed by atoms with Gasteiger partial charge in [-0.25, -0.2) is 19.3 Å².